The van der Waals surface area contributed by atoms with Gasteiger partial charge in [0.1, 0.15) is 12.4 Å². The molecule has 0 atom stereocenters. The molecule has 0 bridgehead atoms. The maximum Gasteiger partial charge on any atom is 0.406 e. The summed E-state index contributed by atoms with van der Waals surface area (Å²) in [4.78, 5) is 30.3. The molecule has 10 heteroatoms. The molecule has 2 saturated carbocycles. The molecule has 2 aromatic carbocycles. The third-order valence-electron chi connectivity index (χ3n) is 8.90. The fourth-order valence-corrected chi connectivity index (χ4v) is 6.91. The summed E-state index contributed by atoms with van der Waals surface area (Å²) in [7, 11) is 0. The number of hydrogen-bond donors (Lipinski definition) is 3. The Morgan fingerprint density at radius 3 is 2.18 bits per heavy atom. The molecule has 0 saturated heterocycles. The summed E-state index contributed by atoms with van der Waals surface area (Å²) in [5.41, 5.74) is 9.88. The molecule has 2 aliphatic carbocycles. The van der Waals surface area contributed by atoms with E-state index in [9.17, 15) is 27.9 Å². The first-order chi connectivity index (χ1) is 20.7. The number of carbonyl (C=O) groups is 2. The number of anilines is 1. The molecule has 44 heavy (non-hydrogen) atoms. The van der Waals surface area contributed by atoms with E-state index in [1.165, 1.54) is 6.92 Å². The van der Waals surface area contributed by atoms with Crippen molar-refractivity contribution in [2.75, 3.05) is 11.9 Å². The molecule has 2 aliphatic rings. The number of alkyl halides is 3. The number of hydrogen-bond acceptors (Lipinski definition) is 5. The SMILES string of the molecule is CC(=O)N(CC(F)(F)F)[C@H]1CC[C@H](CC(=O)Nc2cc(-c3ccccc3)c(-c3ccc([C@]4(N)C[C@](C)(O)C4)cc3)cn2)CC1. The molecule has 234 valence electrons. The number of nitrogens with zero attached hydrogens (tertiary/aromatic N) is 2. The molecule has 2 amide bonds. The van der Waals surface area contributed by atoms with Crippen LogP contribution in [-0.4, -0.2) is 51.2 Å². The van der Waals surface area contributed by atoms with E-state index in [4.69, 9.17) is 5.73 Å². The van der Waals surface area contributed by atoms with Gasteiger partial charge < -0.3 is 21.1 Å². The maximum absolute atomic E-state index is 13.0. The van der Waals surface area contributed by atoms with Crippen molar-refractivity contribution in [3.63, 3.8) is 0 Å². The lowest BCUT2D eigenvalue weighted by Gasteiger charge is -2.49. The predicted molar refractivity (Wildman–Crippen MR) is 163 cm³/mol. The maximum atomic E-state index is 13.0. The quantitative estimate of drug-likeness (QED) is 0.274. The number of carbonyl (C=O) groups excluding carboxylic acids is 2. The van der Waals surface area contributed by atoms with Crippen LogP contribution in [0.5, 0.6) is 0 Å². The van der Waals surface area contributed by atoms with Gasteiger partial charge in [0.05, 0.1) is 5.60 Å². The Kier molecular flexibility index (Phi) is 8.87. The van der Waals surface area contributed by atoms with Crippen molar-refractivity contribution in [1.29, 1.82) is 0 Å². The molecule has 0 aliphatic heterocycles. The molecular weight excluding hydrogens is 569 g/mol. The predicted octanol–water partition coefficient (Wildman–Crippen LogP) is 6.41. The van der Waals surface area contributed by atoms with Crippen LogP contribution < -0.4 is 11.1 Å². The highest BCUT2D eigenvalue weighted by molar-refractivity contribution is 5.92. The van der Waals surface area contributed by atoms with E-state index in [0.717, 1.165) is 32.7 Å². The minimum atomic E-state index is -4.44. The molecule has 2 fully saturated rings. The zero-order valence-corrected chi connectivity index (χ0v) is 25.0. The first kappa shape index (κ1) is 31.7. The van der Waals surface area contributed by atoms with Gasteiger partial charge in [-0.2, -0.15) is 13.2 Å². The van der Waals surface area contributed by atoms with E-state index in [0.29, 0.717) is 44.3 Å². The molecule has 0 unspecified atom stereocenters. The standard InChI is InChI=1S/C34H39F3N4O3/c1-22(42)41(21-34(35,36)37)27-14-8-23(9-15-27)16-31(43)40-30-17-28(24-6-4-3-5-7-24)29(18-39-30)25-10-12-26(13-11-25)33(38)19-32(2,44)20-33/h3-7,10-13,17-18,23,27,44H,8-9,14-16,19-21,38H2,1-2H3,(H,39,40,43)/t23-,27-,32-,33-. The number of pyridine rings is 1. The summed E-state index contributed by atoms with van der Waals surface area (Å²) < 4.78 is 38.9. The van der Waals surface area contributed by atoms with Gasteiger partial charge in [-0.3, -0.25) is 9.59 Å². The summed E-state index contributed by atoms with van der Waals surface area (Å²) in [5, 5.41) is 13.1. The first-order valence-electron chi connectivity index (χ1n) is 15.0. The van der Waals surface area contributed by atoms with Gasteiger partial charge in [0.2, 0.25) is 11.8 Å². The van der Waals surface area contributed by atoms with Gasteiger partial charge >= 0.3 is 6.18 Å². The molecule has 0 spiro atoms. The Labute approximate surface area is 255 Å². The Bertz CT molecular complexity index is 1480. The monoisotopic (exact) mass is 608 g/mol. The van der Waals surface area contributed by atoms with Gasteiger partial charge in [-0.05, 0) is 79.7 Å². The molecule has 1 heterocycles. The number of amides is 2. The molecule has 4 N–H and O–H groups in total. The third kappa shape index (κ3) is 7.47. The molecule has 7 nitrogen and oxygen atoms in total. The topological polar surface area (TPSA) is 109 Å². The highest BCUT2D eigenvalue weighted by Crippen LogP contribution is 2.46. The normalized spacial score (nSPS) is 25.2. The first-order valence-corrected chi connectivity index (χ1v) is 15.0. The van der Waals surface area contributed by atoms with Crippen molar-refractivity contribution < 1.29 is 27.9 Å². The van der Waals surface area contributed by atoms with E-state index in [1.54, 1.807) is 13.1 Å². The molecule has 0 radical (unpaired) electrons. The van der Waals surface area contributed by atoms with Gasteiger partial charge in [-0.15, -0.1) is 0 Å². The largest absolute Gasteiger partial charge is 0.406 e. The van der Waals surface area contributed by atoms with Crippen molar-refractivity contribution in [2.24, 2.45) is 11.7 Å². The van der Waals surface area contributed by atoms with Crippen molar-refractivity contribution in [1.82, 2.24) is 9.88 Å². The van der Waals surface area contributed by atoms with Gasteiger partial charge in [-0.1, -0.05) is 54.6 Å². The Balaban J connectivity index is 1.26. The Hall–Kier alpha value is -3.76. The number of nitrogens with one attached hydrogen (secondary N) is 1. The summed E-state index contributed by atoms with van der Waals surface area (Å²) in [6.07, 6.45) is 0.524. The number of halogens is 3. The van der Waals surface area contributed by atoms with E-state index in [-0.39, 0.29) is 18.2 Å². The number of benzene rings is 2. The lowest BCUT2D eigenvalue weighted by molar-refractivity contribution is -0.166. The molecule has 3 aromatic rings. The van der Waals surface area contributed by atoms with Crippen LogP contribution in [0, 0.1) is 5.92 Å². The van der Waals surface area contributed by atoms with Gasteiger partial charge in [0, 0.05) is 36.7 Å². The van der Waals surface area contributed by atoms with Crippen LogP contribution >= 0.6 is 0 Å². The summed E-state index contributed by atoms with van der Waals surface area (Å²) in [6, 6.07) is 19.2. The minimum Gasteiger partial charge on any atom is -0.390 e. The van der Waals surface area contributed by atoms with Gasteiger partial charge in [0.15, 0.2) is 0 Å². The average molecular weight is 609 g/mol. The lowest BCUT2D eigenvalue weighted by atomic mass is 9.63. The Morgan fingerprint density at radius 2 is 1.61 bits per heavy atom. The summed E-state index contributed by atoms with van der Waals surface area (Å²) in [5.74, 6) is -0.365. The van der Waals surface area contributed by atoms with Crippen LogP contribution in [0.3, 0.4) is 0 Å². The van der Waals surface area contributed by atoms with Crippen LogP contribution in [0.2, 0.25) is 0 Å². The molecule has 5 rings (SSSR count). The second kappa shape index (κ2) is 12.3. The third-order valence-corrected chi connectivity index (χ3v) is 8.90. The average Bonchev–Trinajstić information content (AvgIpc) is 2.95. The number of nitrogens with two attached hydrogens (primary N) is 1. The highest BCUT2D eigenvalue weighted by atomic mass is 19.4. The number of aliphatic hydroxyl groups is 1. The van der Waals surface area contributed by atoms with Crippen LogP contribution in [0.4, 0.5) is 19.0 Å². The van der Waals surface area contributed by atoms with Crippen molar-refractivity contribution in [3.05, 3.63) is 72.4 Å². The van der Waals surface area contributed by atoms with E-state index in [2.05, 4.69) is 10.3 Å². The molecular formula is C34H39F3N4O3. The zero-order chi connectivity index (χ0) is 31.7. The van der Waals surface area contributed by atoms with E-state index >= 15 is 0 Å². The highest BCUT2D eigenvalue weighted by Gasteiger charge is 2.49. The zero-order valence-electron chi connectivity index (χ0n) is 25.0. The second-order valence-corrected chi connectivity index (χ2v) is 12.8. The molecule has 1 aromatic heterocycles. The van der Waals surface area contributed by atoms with E-state index in [1.807, 2.05) is 60.7 Å². The fourth-order valence-electron chi connectivity index (χ4n) is 6.91. The van der Waals surface area contributed by atoms with Crippen molar-refractivity contribution >= 4 is 17.6 Å². The number of aromatic nitrogens is 1. The lowest BCUT2D eigenvalue weighted by Crippen LogP contribution is -2.58. The van der Waals surface area contributed by atoms with Crippen molar-refractivity contribution in [3.8, 4) is 22.3 Å². The van der Waals surface area contributed by atoms with Crippen LogP contribution in [-0.2, 0) is 15.1 Å². The van der Waals surface area contributed by atoms with Crippen LogP contribution in [0.15, 0.2) is 66.9 Å². The van der Waals surface area contributed by atoms with Crippen LogP contribution in [0.1, 0.15) is 64.4 Å². The van der Waals surface area contributed by atoms with E-state index < -0.39 is 35.8 Å². The van der Waals surface area contributed by atoms with Crippen LogP contribution in [0.25, 0.3) is 22.3 Å². The Morgan fingerprint density at radius 1 is 1.00 bits per heavy atom. The number of rotatable bonds is 8. The van der Waals surface area contributed by atoms with Crippen molar-refractivity contribution in [2.45, 2.75) is 82.2 Å². The van der Waals surface area contributed by atoms with Gasteiger partial charge in [-0.25, -0.2) is 4.98 Å². The van der Waals surface area contributed by atoms with Gasteiger partial charge in [0.25, 0.3) is 0 Å². The summed E-state index contributed by atoms with van der Waals surface area (Å²) in [6.45, 7) is 1.71. The smallest absolute Gasteiger partial charge is 0.390 e. The second-order valence-electron chi connectivity index (χ2n) is 12.8. The summed E-state index contributed by atoms with van der Waals surface area (Å²) >= 11 is 0. The fraction of sp³-hybridized carbons (Fsp3) is 0.441. The minimum absolute atomic E-state index is 0.0162.